The SMILES string of the molecule is CCOC(C)O[C@H](CC[C@H](C)CO[Si](C)(C)C(C)(C)C)[C@H](C)[C@H](O[Si](C)(C)C(C)(C)C)[C@@H](C)Cc1cc(OC)c(C)c(OC)c1Br. The molecular weight excluding hydrogens is 676 g/mol. The molecule has 0 aliphatic carbocycles. The van der Waals surface area contributed by atoms with Gasteiger partial charge in [0.25, 0.3) is 0 Å². The van der Waals surface area contributed by atoms with E-state index in [0.29, 0.717) is 12.5 Å². The highest BCUT2D eigenvalue weighted by molar-refractivity contribution is 9.10. The predicted molar refractivity (Wildman–Crippen MR) is 204 cm³/mol. The van der Waals surface area contributed by atoms with Crippen molar-refractivity contribution in [3.63, 3.8) is 0 Å². The summed E-state index contributed by atoms with van der Waals surface area (Å²) in [5.41, 5.74) is 2.14. The first-order chi connectivity index (χ1) is 20.9. The fraction of sp³-hybridized carbons (Fsp3) is 0.838. The number of ether oxygens (including phenoxy) is 4. The van der Waals surface area contributed by atoms with E-state index in [1.165, 1.54) is 0 Å². The maximum atomic E-state index is 7.36. The standard InChI is InChI=1S/C37H71BrO6Si2/c1-19-41-29(6)43-31(21-20-25(2)24-42-45(15,16)36(7,8)9)27(4)34(44-46(17,18)37(10,11)12)26(3)22-30-23-32(39-13)28(5)35(40-14)33(30)38/h23,25-27,29,31,34H,19-22,24H2,1-18H3/t25-,26-,27-,29?,31+,34+/m0/s1. The Hall–Kier alpha value is -0.426. The summed E-state index contributed by atoms with van der Waals surface area (Å²) in [5, 5.41) is 0.275. The first-order valence-electron chi connectivity index (χ1n) is 17.4. The maximum Gasteiger partial charge on any atom is 0.192 e. The summed E-state index contributed by atoms with van der Waals surface area (Å²) in [6.07, 6.45) is 2.40. The van der Waals surface area contributed by atoms with Crippen LogP contribution in [0.3, 0.4) is 0 Å². The molecule has 0 aliphatic rings. The fourth-order valence-electron chi connectivity index (χ4n) is 5.36. The lowest BCUT2D eigenvalue weighted by atomic mass is 9.83. The molecule has 6 nitrogen and oxygen atoms in total. The molecule has 46 heavy (non-hydrogen) atoms. The number of hydrogen-bond acceptors (Lipinski definition) is 6. The Morgan fingerprint density at radius 3 is 1.89 bits per heavy atom. The van der Waals surface area contributed by atoms with Crippen LogP contribution in [0.5, 0.6) is 11.5 Å². The second-order valence-electron chi connectivity index (χ2n) is 16.5. The van der Waals surface area contributed by atoms with Crippen molar-refractivity contribution < 1.29 is 27.8 Å². The largest absolute Gasteiger partial charge is 0.496 e. The molecule has 0 aliphatic heterocycles. The van der Waals surface area contributed by atoms with Crippen molar-refractivity contribution in [1.82, 2.24) is 0 Å². The van der Waals surface area contributed by atoms with Gasteiger partial charge in [-0.1, -0.05) is 62.3 Å². The number of rotatable bonds is 19. The molecule has 270 valence electrons. The predicted octanol–water partition coefficient (Wildman–Crippen LogP) is 11.2. The van der Waals surface area contributed by atoms with E-state index >= 15 is 0 Å². The Morgan fingerprint density at radius 2 is 1.41 bits per heavy atom. The molecule has 0 saturated carbocycles. The van der Waals surface area contributed by atoms with Crippen LogP contribution in [0.4, 0.5) is 0 Å². The molecule has 0 radical (unpaired) electrons. The third-order valence-electron chi connectivity index (χ3n) is 10.6. The molecule has 6 atom stereocenters. The molecule has 0 N–H and O–H groups in total. The first kappa shape index (κ1) is 43.6. The van der Waals surface area contributed by atoms with Crippen LogP contribution in [0.2, 0.25) is 36.3 Å². The Morgan fingerprint density at radius 1 is 0.848 bits per heavy atom. The molecule has 0 fully saturated rings. The summed E-state index contributed by atoms with van der Waals surface area (Å²) in [6, 6.07) is 2.14. The maximum absolute atomic E-state index is 7.36. The number of halogens is 1. The van der Waals surface area contributed by atoms with E-state index in [2.05, 4.69) is 110 Å². The van der Waals surface area contributed by atoms with Gasteiger partial charge in [-0.15, -0.1) is 0 Å². The summed E-state index contributed by atoms with van der Waals surface area (Å²) >= 11 is 3.86. The van der Waals surface area contributed by atoms with Gasteiger partial charge in [-0.05, 0) is 116 Å². The monoisotopic (exact) mass is 746 g/mol. The highest BCUT2D eigenvalue weighted by Crippen LogP contribution is 2.43. The van der Waals surface area contributed by atoms with Crippen molar-refractivity contribution in [2.45, 2.75) is 157 Å². The third kappa shape index (κ3) is 12.2. The number of hydrogen-bond donors (Lipinski definition) is 0. The minimum absolute atomic E-state index is 0.0244. The van der Waals surface area contributed by atoms with Crippen molar-refractivity contribution >= 4 is 32.6 Å². The summed E-state index contributed by atoms with van der Waals surface area (Å²) in [6.45, 7) is 37.6. The number of methoxy groups -OCH3 is 2. The zero-order chi connectivity index (χ0) is 35.8. The van der Waals surface area contributed by atoms with Crippen LogP contribution < -0.4 is 9.47 Å². The van der Waals surface area contributed by atoms with E-state index in [4.69, 9.17) is 27.8 Å². The summed E-state index contributed by atoms with van der Waals surface area (Å²) < 4.78 is 39.1. The van der Waals surface area contributed by atoms with Crippen LogP contribution in [0.25, 0.3) is 0 Å². The van der Waals surface area contributed by atoms with Crippen molar-refractivity contribution in [2.75, 3.05) is 27.4 Å². The molecular formula is C37H71BrO6Si2. The smallest absolute Gasteiger partial charge is 0.192 e. The second kappa shape index (κ2) is 18.0. The van der Waals surface area contributed by atoms with Crippen LogP contribution in [0.15, 0.2) is 10.5 Å². The Kier molecular flexibility index (Phi) is 17.1. The molecule has 0 amide bonds. The van der Waals surface area contributed by atoms with Crippen LogP contribution in [-0.2, 0) is 24.7 Å². The average molecular weight is 748 g/mol. The summed E-state index contributed by atoms with van der Waals surface area (Å²) in [4.78, 5) is 0. The minimum Gasteiger partial charge on any atom is -0.496 e. The van der Waals surface area contributed by atoms with Gasteiger partial charge in [0, 0.05) is 24.7 Å². The lowest BCUT2D eigenvalue weighted by molar-refractivity contribution is -0.181. The normalized spacial score (nSPS) is 17.3. The summed E-state index contributed by atoms with van der Waals surface area (Å²) in [7, 11) is -0.508. The minimum atomic E-state index is -2.13. The third-order valence-corrected chi connectivity index (χ3v) is 20.5. The highest BCUT2D eigenvalue weighted by atomic mass is 79.9. The van der Waals surface area contributed by atoms with Crippen molar-refractivity contribution in [1.29, 1.82) is 0 Å². The Bertz CT molecular complexity index is 1070. The van der Waals surface area contributed by atoms with Crippen LogP contribution in [0.1, 0.15) is 100 Å². The van der Waals surface area contributed by atoms with E-state index in [0.717, 1.165) is 53.0 Å². The molecule has 1 unspecified atom stereocenters. The molecule has 1 aromatic carbocycles. The van der Waals surface area contributed by atoms with Gasteiger partial charge in [0.2, 0.25) is 0 Å². The Balaban J connectivity index is 3.46. The van der Waals surface area contributed by atoms with Gasteiger partial charge in [0.15, 0.2) is 22.9 Å². The second-order valence-corrected chi connectivity index (χ2v) is 26.9. The molecule has 1 rings (SSSR count). The van der Waals surface area contributed by atoms with E-state index in [-0.39, 0.29) is 40.4 Å². The molecule has 0 bridgehead atoms. The van der Waals surface area contributed by atoms with Crippen molar-refractivity contribution in [3.05, 3.63) is 21.7 Å². The highest BCUT2D eigenvalue weighted by Gasteiger charge is 2.43. The Labute approximate surface area is 294 Å². The number of benzene rings is 1. The van der Waals surface area contributed by atoms with E-state index in [1.807, 2.05) is 20.8 Å². The zero-order valence-corrected chi connectivity index (χ0v) is 36.5. The van der Waals surface area contributed by atoms with E-state index < -0.39 is 16.6 Å². The van der Waals surface area contributed by atoms with Gasteiger partial charge in [-0.3, -0.25) is 0 Å². The average Bonchev–Trinajstić information content (AvgIpc) is 2.93. The topological polar surface area (TPSA) is 55.4 Å². The van der Waals surface area contributed by atoms with Gasteiger partial charge >= 0.3 is 0 Å². The van der Waals surface area contributed by atoms with E-state index in [1.54, 1.807) is 14.2 Å². The summed E-state index contributed by atoms with van der Waals surface area (Å²) in [5.74, 6) is 2.41. The van der Waals surface area contributed by atoms with Gasteiger partial charge in [0.05, 0.1) is 30.9 Å². The fourth-order valence-corrected chi connectivity index (χ4v) is 8.71. The van der Waals surface area contributed by atoms with Gasteiger partial charge in [0.1, 0.15) is 11.5 Å². The lowest BCUT2D eigenvalue weighted by Gasteiger charge is -2.45. The van der Waals surface area contributed by atoms with Crippen molar-refractivity contribution in [2.24, 2.45) is 17.8 Å². The van der Waals surface area contributed by atoms with Crippen LogP contribution >= 0.6 is 15.9 Å². The molecule has 0 aromatic heterocycles. The lowest BCUT2D eigenvalue weighted by Crippen LogP contribution is -2.50. The first-order valence-corrected chi connectivity index (χ1v) is 24.0. The molecule has 0 heterocycles. The van der Waals surface area contributed by atoms with Gasteiger partial charge < -0.3 is 27.8 Å². The molecule has 0 saturated heterocycles. The van der Waals surface area contributed by atoms with Gasteiger partial charge in [-0.25, -0.2) is 0 Å². The zero-order valence-electron chi connectivity index (χ0n) is 32.9. The van der Waals surface area contributed by atoms with Crippen LogP contribution in [-0.4, -0.2) is 62.6 Å². The quantitative estimate of drug-likeness (QED) is 0.104. The van der Waals surface area contributed by atoms with Crippen molar-refractivity contribution in [3.8, 4) is 11.5 Å². The molecule has 9 heteroatoms. The van der Waals surface area contributed by atoms with E-state index in [9.17, 15) is 0 Å². The van der Waals surface area contributed by atoms with Gasteiger partial charge in [-0.2, -0.15) is 0 Å². The molecule has 0 spiro atoms. The van der Waals surface area contributed by atoms with Crippen LogP contribution in [0, 0.1) is 24.7 Å². The molecule has 1 aromatic rings.